The second kappa shape index (κ2) is 14.3. The zero-order valence-electron chi connectivity index (χ0n) is 18.3. The Kier molecular flexibility index (Phi) is 13.0. The van der Waals surface area contributed by atoms with Crippen LogP contribution < -0.4 is 33.2 Å². The van der Waals surface area contributed by atoms with E-state index < -0.39 is 53.8 Å². The van der Waals surface area contributed by atoms with Crippen molar-refractivity contribution in [2.24, 2.45) is 23.1 Å². The number of hydrogen-bond acceptors (Lipinski definition) is 7. The molecule has 5 unspecified atom stereocenters. The Labute approximate surface area is 182 Å². The zero-order chi connectivity index (χ0) is 24.1. The maximum Gasteiger partial charge on any atom is 0.326 e. The van der Waals surface area contributed by atoms with Crippen molar-refractivity contribution < 1.29 is 29.1 Å². The van der Waals surface area contributed by atoms with Gasteiger partial charge >= 0.3 is 5.97 Å². The minimum atomic E-state index is -1.21. The smallest absolute Gasteiger partial charge is 0.326 e. The van der Waals surface area contributed by atoms with Crippen molar-refractivity contribution >= 4 is 29.6 Å². The number of hydrogen-bond donors (Lipinski definition) is 7. The van der Waals surface area contributed by atoms with Gasteiger partial charge in [-0.2, -0.15) is 0 Å². The summed E-state index contributed by atoms with van der Waals surface area (Å²) in [6, 6.07) is -4.37. The average Bonchev–Trinajstić information content (AvgIpc) is 2.69. The molecule has 0 bridgehead atoms. The summed E-state index contributed by atoms with van der Waals surface area (Å²) < 4.78 is 0. The summed E-state index contributed by atoms with van der Waals surface area (Å²) in [6.45, 7) is 5.30. The average molecular weight is 445 g/mol. The zero-order valence-corrected chi connectivity index (χ0v) is 18.3. The number of nitrogens with one attached hydrogen (secondary N) is 3. The predicted molar refractivity (Wildman–Crippen MR) is 113 cm³/mol. The number of carboxylic acids is 1. The minimum Gasteiger partial charge on any atom is -0.480 e. The third-order valence-corrected chi connectivity index (χ3v) is 4.87. The summed E-state index contributed by atoms with van der Waals surface area (Å²) in [6.07, 6.45) is 1.53. The Morgan fingerprint density at radius 3 is 2.03 bits per heavy atom. The van der Waals surface area contributed by atoms with Crippen LogP contribution in [0.4, 0.5) is 0 Å². The van der Waals surface area contributed by atoms with E-state index in [0.717, 1.165) is 0 Å². The molecule has 12 heteroatoms. The van der Waals surface area contributed by atoms with Crippen LogP contribution in [0.1, 0.15) is 52.9 Å². The second-order valence-corrected chi connectivity index (χ2v) is 7.56. The number of amides is 4. The Bertz CT molecular complexity index is 643. The lowest BCUT2D eigenvalue weighted by molar-refractivity contribution is -0.143. The molecule has 0 aromatic carbocycles. The van der Waals surface area contributed by atoms with Gasteiger partial charge in [0.15, 0.2) is 0 Å². The van der Waals surface area contributed by atoms with Gasteiger partial charge < -0.3 is 38.3 Å². The molecule has 0 aliphatic rings. The molecule has 0 aliphatic carbocycles. The summed E-state index contributed by atoms with van der Waals surface area (Å²) in [4.78, 5) is 59.6. The minimum absolute atomic E-state index is 0.233. The number of unbranched alkanes of at least 4 members (excludes halogenated alkanes) is 1. The Hall–Kier alpha value is -2.73. The standard InChI is InChI=1S/C19H36N6O6/c1-4-10(2)15(19(30)31)25-16(27)11(3)23-18(29)13(7-5-6-8-20)24-17(28)12(21)9-14(22)26/h10-13,15H,4-9,20-21H2,1-3H3,(H2,22,26)(H,23,29)(H,24,28)(H,25,27)(H,30,31). The van der Waals surface area contributed by atoms with Crippen LogP contribution in [0.2, 0.25) is 0 Å². The topological polar surface area (TPSA) is 220 Å². The predicted octanol–water partition coefficient (Wildman–Crippen LogP) is -2.08. The summed E-state index contributed by atoms with van der Waals surface area (Å²) in [7, 11) is 0. The molecule has 10 N–H and O–H groups in total. The normalized spacial score (nSPS) is 15.6. The van der Waals surface area contributed by atoms with Gasteiger partial charge in [0.1, 0.15) is 18.1 Å². The fourth-order valence-corrected chi connectivity index (χ4v) is 2.69. The van der Waals surface area contributed by atoms with Crippen molar-refractivity contribution in [1.29, 1.82) is 0 Å². The number of rotatable bonds is 15. The molecule has 0 rings (SSSR count). The van der Waals surface area contributed by atoms with E-state index in [9.17, 15) is 29.1 Å². The van der Waals surface area contributed by atoms with Gasteiger partial charge in [0.05, 0.1) is 12.5 Å². The number of carbonyl (C=O) groups excluding carboxylic acids is 4. The van der Waals surface area contributed by atoms with Gasteiger partial charge in [0.25, 0.3) is 0 Å². The van der Waals surface area contributed by atoms with Crippen LogP contribution in [-0.2, 0) is 24.0 Å². The van der Waals surface area contributed by atoms with E-state index in [-0.39, 0.29) is 18.8 Å². The van der Waals surface area contributed by atoms with Gasteiger partial charge in [-0.1, -0.05) is 20.3 Å². The van der Waals surface area contributed by atoms with Crippen molar-refractivity contribution in [3.05, 3.63) is 0 Å². The molecule has 0 saturated carbocycles. The van der Waals surface area contributed by atoms with E-state index >= 15 is 0 Å². The fraction of sp³-hybridized carbons (Fsp3) is 0.737. The largest absolute Gasteiger partial charge is 0.480 e. The number of nitrogens with two attached hydrogens (primary N) is 3. The van der Waals surface area contributed by atoms with E-state index in [2.05, 4.69) is 16.0 Å². The maximum absolute atomic E-state index is 12.7. The molecule has 178 valence electrons. The first-order valence-corrected chi connectivity index (χ1v) is 10.3. The van der Waals surface area contributed by atoms with E-state index in [0.29, 0.717) is 25.8 Å². The van der Waals surface area contributed by atoms with Crippen molar-refractivity contribution in [3.8, 4) is 0 Å². The molecule has 12 nitrogen and oxygen atoms in total. The Morgan fingerprint density at radius 1 is 0.935 bits per heavy atom. The van der Waals surface area contributed by atoms with Crippen LogP contribution in [-0.4, -0.2) is 65.4 Å². The fourth-order valence-electron chi connectivity index (χ4n) is 2.69. The van der Waals surface area contributed by atoms with E-state index in [1.165, 1.54) is 6.92 Å². The maximum atomic E-state index is 12.7. The lowest BCUT2D eigenvalue weighted by atomic mass is 9.99. The first-order chi connectivity index (χ1) is 14.4. The summed E-state index contributed by atoms with van der Waals surface area (Å²) in [5, 5.41) is 16.7. The van der Waals surface area contributed by atoms with Crippen LogP contribution in [0.15, 0.2) is 0 Å². The van der Waals surface area contributed by atoms with Crippen molar-refractivity contribution in [3.63, 3.8) is 0 Å². The Balaban J connectivity index is 5.12. The number of aliphatic carboxylic acids is 1. The van der Waals surface area contributed by atoms with E-state index in [1.54, 1.807) is 13.8 Å². The summed E-state index contributed by atoms with van der Waals surface area (Å²) in [5.41, 5.74) is 16.1. The SMILES string of the molecule is CCC(C)C(NC(=O)C(C)NC(=O)C(CCCCN)NC(=O)C(N)CC(N)=O)C(=O)O. The quantitative estimate of drug-likeness (QED) is 0.139. The van der Waals surface area contributed by atoms with Gasteiger partial charge in [-0.3, -0.25) is 19.2 Å². The highest BCUT2D eigenvalue weighted by Crippen LogP contribution is 2.08. The van der Waals surface area contributed by atoms with Gasteiger partial charge in [0.2, 0.25) is 23.6 Å². The van der Waals surface area contributed by atoms with Crippen LogP contribution in [0.3, 0.4) is 0 Å². The number of carboxylic acid groups (broad SMARTS) is 1. The monoisotopic (exact) mass is 444 g/mol. The first kappa shape index (κ1) is 28.3. The molecule has 0 aliphatic heterocycles. The van der Waals surface area contributed by atoms with Gasteiger partial charge in [0, 0.05) is 0 Å². The molecule has 4 amide bonds. The van der Waals surface area contributed by atoms with Gasteiger partial charge in [-0.15, -0.1) is 0 Å². The van der Waals surface area contributed by atoms with E-state index in [1.807, 2.05) is 0 Å². The van der Waals surface area contributed by atoms with Crippen LogP contribution in [0.5, 0.6) is 0 Å². The van der Waals surface area contributed by atoms with Gasteiger partial charge in [-0.05, 0) is 38.6 Å². The van der Waals surface area contributed by atoms with Gasteiger partial charge in [-0.25, -0.2) is 4.79 Å². The molecule has 0 aromatic rings. The molecule has 0 heterocycles. The van der Waals surface area contributed by atoms with Crippen LogP contribution in [0, 0.1) is 5.92 Å². The lowest BCUT2D eigenvalue weighted by Crippen LogP contribution is -2.57. The van der Waals surface area contributed by atoms with E-state index in [4.69, 9.17) is 17.2 Å². The molecule has 31 heavy (non-hydrogen) atoms. The highest BCUT2D eigenvalue weighted by atomic mass is 16.4. The highest BCUT2D eigenvalue weighted by Gasteiger charge is 2.30. The number of carbonyl (C=O) groups is 5. The molecule has 0 spiro atoms. The molecule has 5 atom stereocenters. The van der Waals surface area contributed by atoms with Crippen molar-refractivity contribution in [2.45, 2.75) is 77.0 Å². The van der Waals surface area contributed by atoms with Crippen LogP contribution in [0.25, 0.3) is 0 Å². The molecule has 0 aromatic heterocycles. The summed E-state index contributed by atoms with van der Waals surface area (Å²) >= 11 is 0. The van der Waals surface area contributed by atoms with Crippen molar-refractivity contribution in [2.75, 3.05) is 6.54 Å². The molecular formula is C19H36N6O6. The van der Waals surface area contributed by atoms with Crippen molar-refractivity contribution in [1.82, 2.24) is 16.0 Å². The molecule has 0 saturated heterocycles. The highest BCUT2D eigenvalue weighted by molar-refractivity contribution is 5.94. The third kappa shape index (κ3) is 10.7. The Morgan fingerprint density at radius 2 is 1.55 bits per heavy atom. The molecule has 0 radical (unpaired) electrons. The lowest BCUT2D eigenvalue weighted by Gasteiger charge is -2.25. The summed E-state index contributed by atoms with van der Waals surface area (Å²) in [5.74, 6) is -4.28. The second-order valence-electron chi connectivity index (χ2n) is 7.56. The van der Waals surface area contributed by atoms with Crippen LogP contribution >= 0.6 is 0 Å². The molecule has 0 fully saturated rings. The third-order valence-electron chi connectivity index (χ3n) is 4.87. The number of primary amides is 1. The molecular weight excluding hydrogens is 408 g/mol. The first-order valence-electron chi connectivity index (χ1n) is 10.3.